The lowest BCUT2D eigenvalue weighted by atomic mass is 9.99. The Hall–Kier alpha value is -1.94. The van der Waals surface area contributed by atoms with Crippen LogP contribution < -0.4 is 4.74 Å². The molecule has 0 saturated carbocycles. The molecule has 2 aromatic carbocycles. The molecule has 86 valence electrons. The lowest BCUT2D eigenvalue weighted by molar-refractivity contribution is 0.371. The van der Waals surface area contributed by atoms with E-state index in [0.29, 0.717) is 12.5 Å². The van der Waals surface area contributed by atoms with Crippen LogP contribution in [0, 0.1) is 12.3 Å². The van der Waals surface area contributed by atoms with Crippen LogP contribution in [0.5, 0.6) is 5.75 Å². The average Bonchev–Trinajstić information content (AvgIpc) is 2.35. The van der Waals surface area contributed by atoms with Gasteiger partial charge in [0.1, 0.15) is 12.4 Å². The number of ether oxygens (including phenoxy) is 1. The predicted octanol–water partition coefficient (Wildman–Crippen LogP) is 3.98. The van der Waals surface area contributed by atoms with E-state index in [1.165, 1.54) is 16.3 Å². The van der Waals surface area contributed by atoms with E-state index < -0.39 is 0 Å². The first-order valence-corrected chi connectivity index (χ1v) is 5.80. The topological polar surface area (TPSA) is 9.23 Å². The molecule has 0 unspecified atom stereocenters. The molecule has 0 bridgehead atoms. The maximum atomic E-state index is 5.40. The number of hydrogen-bond donors (Lipinski definition) is 0. The Morgan fingerprint density at radius 3 is 2.53 bits per heavy atom. The van der Waals surface area contributed by atoms with Crippen LogP contribution in [0.15, 0.2) is 36.4 Å². The normalized spacial score (nSPS) is 10.5. The monoisotopic (exact) mass is 224 g/mol. The quantitative estimate of drug-likeness (QED) is 0.717. The molecule has 0 heterocycles. The molecular formula is C16H16O. The lowest BCUT2D eigenvalue weighted by Gasteiger charge is -2.08. The van der Waals surface area contributed by atoms with E-state index in [1.807, 2.05) is 12.1 Å². The molecule has 0 aliphatic carbocycles. The zero-order valence-corrected chi connectivity index (χ0v) is 10.2. The van der Waals surface area contributed by atoms with Crippen molar-refractivity contribution in [2.24, 2.45) is 0 Å². The van der Waals surface area contributed by atoms with Gasteiger partial charge in [0.05, 0.1) is 0 Å². The lowest BCUT2D eigenvalue weighted by Crippen LogP contribution is -1.93. The maximum Gasteiger partial charge on any atom is 0.148 e. The van der Waals surface area contributed by atoms with Crippen LogP contribution in [0.2, 0.25) is 0 Å². The zero-order valence-electron chi connectivity index (χ0n) is 10.2. The average molecular weight is 224 g/mol. The molecule has 0 spiro atoms. The largest absolute Gasteiger partial charge is 0.481 e. The van der Waals surface area contributed by atoms with E-state index in [2.05, 4.69) is 44.0 Å². The fourth-order valence-corrected chi connectivity index (χ4v) is 1.82. The van der Waals surface area contributed by atoms with Gasteiger partial charge in [-0.3, -0.25) is 0 Å². The third kappa shape index (κ3) is 2.60. The van der Waals surface area contributed by atoms with Crippen molar-refractivity contribution in [2.45, 2.75) is 19.8 Å². The van der Waals surface area contributed by atoms with Crippen molar-refractivity contribution >= 4 is 10.8 Å². The highest BCUT2D eigenvalue weighted by Gasteiger charge is 2.02. The van der Waals surface area contributed by atoms with Gasteiger partial charge in [-0.1, -0.05) is 44.0 Å². The molecule has 0 radical (unpaired) electrons. The van der Waals surface area contributed by atoms with Gasteiger partial charge in [0.15, 0.2) is 0 Å². The van der Waals surface area contributed by atoms with Crippen LogP contribution in [-0.4, -0.2) is 6.61 Å². The van der Waals surface area contributed by atoms with Gasteiger partial charge in [0.25, 0.3) is 0 Å². The molecule has 2 aromatic rings. The molecule has 17 heavy (non-hydrogen) atoms. The van der Waals surface area contributed by atoms with Crippen molar-refractivity contribution in [1.29, 1.82) is 0 Å². The number of rotatable bonds is 3. The second-order valence-electron chi connectivity index (χ2n) is 4.42. The molecular weight excluding hydrogens is 208 g/mol. The van der Waals surface area contributed by atoms with E-state index in [-0.39, 0.29) is 0 Å². The summed E-state index contributed by atoms with van der Waals surface area (Å²) >= 11 is 0. The maximum absolute atomic E-state index is 5.40. The summed E-state index contributed by atoms with van der Waals surface area (Å²) < 4.78 is 5.40. The first kappa shape index (κ1) is 11.5. The summed E-state index contributed by atoms with van der Waals surface area (Å²) in [5.74, 6) is 3.85. The van der Waals surface area contributed by atoms with Crippen molar-refractivity contribution in [1.82, 2.24) is 0 Å². The minimum Gasteiger partial charge on any atom is -0.481 e. The SMILES string of the molecule is C#CCOc1ccc2cc(C(C)C)ccc2c1. The Balaban J connectivity index is 2.37. The molecule has 0 aliphatic rings. The Labute approximate surface area is 102 Å². The summed E-state index contributed by atoms with van der Waals surface area (Å²) in [7, 11) is 0. The standard InChI is InChI=1S/C16H16O/c1-4-9-17-16-8-7-14-10-13(12(2)3)5-6-15(14)11-16/h1,5-8,10-12H,9H2,2-3H3. The van der Waals surface area contributed by atoms with E-state index >= 15 is 0 Å². The summed E-state index contributed by atoms with van der Waals surface area (Å²) in [6.45, 7) is 4.71. The van der Waals surface area contributed by atoms with Crippen LogP contribution in [-0.2, 0) is 0 Å². The number of hydrogen-bond acceptors (Lipinski definition) is 1. The van der Waals surface area contributed by atoms with Crippen LogP contribution in [0.25, 0.3) is 10.8 Å². The molecule has 0 amide bonds. The Morgan fingerprint density at radius 1 is 1.12 bits per heavy atom. The summed E-state index contributed by atoms with van der Waals surface area (Å²) in [6, 6.07) is 12.6. The van der Waals surface area contributed by atoms with Crippen molar-refractivity contribution in [3.63, 3.8) is 0 Å². The van der Waals surface area contributed by atoms with Crippen LogP contribution in [0.3, 0.4) is 0 Å². The van der Waals surface area contributed by atoms with Gasteiger partial charge in [-0.25, -0.2) is 0 Å². The van der Waals surface area contributed by atoms with Crippen molar-refractivity contribution < 1.29 is 4.74 Å². The molecule has 0 N–H and O–H groups in total. The number of fused-ring (bicyclic) bond motifs is 1. The number of benzene rings is 2. The van der Waals surface area contributed by atoms with E-state index in [1.54, 1.807) is 0 Å². The molecule has 0 fully saturated rings. The van der Waals surface area contributed by atoms with E-state index in [4.69, 9.17) is 11.2 Å². The predicted molar refractivity (Wildman–Crippen MR) is 72.4 cm³/mol. The summed E-state index contributed by atoms with van der Waals surface area (Å²) in [5, 5.41) is 2.42. The fraction of sp³-hybridized carbons (Fsp3) is 0.250. The minimum absolute atomic E-state index is 0.315. The van der Waals surface area contributed by atoms with Crippen LogP contribution in [0.4, 0.5) is 0 Å². The summed E-state index contributed by atoms with van der Waals surface area (Å²) in [6.07, 6.45) is 5.17. The van der Waals surface area contributed by atoms with Gasteiger partial charge in [0, 0.05) is 0 Å². The summed E-state index contributed by atoms with van der Waals surface area (Å²) in [5.41, 5.74) is 1.36. The van der Waals surface area contributed by atoms with Gasteiger partial charge < -0.3 is 4.74 Å². The molecule has 1 nitrogen and oxygen atoms in total. The van der Waals surface area contributed by atoms with Crippen molar-refractivity contribution in [3.05, 3.63) is 42.0 Å². The van der Waals surface area contributed by atoms with E-state index in [0.717, 1.165) is 5.75 Å². The summed E-state index contributed by atoms with van der Waals surface area (Å²) in [4.78, 5) is 0. The smallest absolute Gasteiger partial charge is 0.148 e. The Bertz CT molecular complexity index is 561. The second kappa shape index (κ2) is 4.93. The van der Waals surface area contributed by atoms with Gasteiger partial charge in [0.2, 0.25) is 0 Å². The molecule has 1 heteroatoms. The highest BCUT2D eigenvalue weighted by atomic mass is 16.5. The third-order valence-electron chi connectivity index (χ3n) is 2.82. The minimum atomic E-state index is 0.315. The third-order valence-corrected chi connectivity index (χ3v) is 2.82. The highest BCUT2D eigenvalue weighted by molar-refractivity contribution is 5.84. The van der Waals surface area contributed by atoms with Crippen molar-refractivity contribution in [3.8, 4) is 18.1 Å². The molecule has 2 rings (SSSR count). The Kier molecular flexibility index (Phi) is 3.35. The van der Waals surface area contributed by atoms with Gasteiger partial charge >= 0.3 is 0 Å². The first-order valence-electron chi connectivity index (χ1n) is 5.80. The zero-order chi connectivity index (χ0) is 12.3. The van der Waals surface area contributed by atoms with Crippen LogP contribution in [0.1, 0.15) is 25.3 Å². The number of terminal acetylenes is 1. The Morgan fingerprint density at radius 2 is 1.82 bits per heavy atom. The van der Waals surface area contributed by atoms with E-state index in [9.17, 15) is 0 Å². The van der Waals surface area contributed by atoms with Crippen LogP contribution >= 0.6 is 0 Å². The molecule has 0 aromatic heterocycles. The molecule has 0 aliphatic heterocycles. The molecule has 0 atom stereocenters. The van der Waals surface area contributed by atoms with Gasteiger partial charge in [-0.15, -0.1) is 6.42 Å². The second-order valence-corrected chi connectivity index (χ2v) is 4.42. The molecule has 0 saturated heterocycles. The van der Waals surface area contributed by atoms with Gasteiger partial charge in [-0.2, -0.15) is 0 Å². The first-order chi connectivity index (χ1) is 8.20. The fourth-order valence-electron chi connectivity index (χ4n) is 1.82. The highest BCUT2D eigenvalue weighted by Crippen LogP contribution is 2.24. The van der Waals surface area contributed by atoms with Crippen molar-refractivity contribution in [2.75, 3.05) is 6.61 Å². The van der Waals surface area contributed by atoms with Gasteiger partial charge in [-0.05, 0) is 34.4 Å².